The third kappa shape index (κ3) is 8.22. The first kappa shape index (κ1) is 12.9. The molecule has 0 radical (unpaired) electrons. The smallest absolute Gasteiger partial charge is 0.211 e. The number of rotatable bonds is 4. The van der Waals surface area contributed by atoms with Crippen LogP contribution < -0.4 is 22.9 Å². The Kier molecular flexibility index (Phi) is 5.45. The first-order chi connectivity index (χ1) is 6.91. The molecule has 0 aliphatic carbocycles. The van der Waals surface area contributed by atoms with E-state index in [1.54, 1.807) is 13.8 Å². The molecule has 0 rings (SSSR count). The third-order valence-electron chi connectivity index (χ3n) is 1.18. The van der Waals surface area contributed by atoms with Crippen molar-refractivity contribution < 1.29 is 0 Å². The lowest BCUT2D eigenvalue weighted by Crippen LogP contribution is -2.22. The molecule has 0 heterocycles. The van der Waals surface area contributed by atoms with Gasteiger partial charge in [0, 0.05) is 17.8 Å². The Hall–Kier alpha value is -2.12. The minimum absolute atomic E-state index is 0.0897. The predicted molar refractivity (Wildman–Crippen MR) is 62.5 cm³/mol. The van der Waals surface area contributed by atoms with Gasteiger partial charge >= 0.3 is 0 Å². The van der Waals surface area contributed by atoms with Gasteiger partial charge in [0.1, 0.15) is 0 Å². The molecule has 84 valence electrons. The van der Waals surface area contributed by atoms with E-state index in [0.717, 1.165) is 0 Å². The molecular weight excluding hydrogens is 196 g/mol. The van der Waals surface area contributed by atoms with Crippen molar-refractivity contribution in [2.75, 3.05) is 0 Å². The quantitative estimate of drug-likeness (QED) is 0.259. The molecular formula is C7H16N8. The highest BCUT2D eigenvalue weighted by atomic mass is 15.3. The fraction of sp³-hybridized carbons (Fsp3) is 0.429. The molecule has 0 amide bonds. The lowest BCUT2D eigenvalue weighted by molar-refractivity contribution is 1.15. The Labute approximate surface area is 87.8 Å². The second-order valence-corrected chi connectivity index (χ2v) is 2.90. The fourth-order valence-corrected chi connectivity index (χ4v) is 0.727. The number of nitrogens with zero attached hydrogens (tertiary/aromatic N) is 4. The Morgan fingerprint density at radius 3 is 1.33 bits per heavy atom. The second-order valence-electron chi connectivity index (χ2n) is 2.90. The highest BCUT2D eigenvalue weighted by Crippen LogP contribution is 1.92. The van der Waals surface area contributed by atoms with Gasteiger partial charge in [0.15, 0.2) is 0 Å². The summed E-state index contributed by atoms with van der Waals surface area (Å²) in [6.07, 6.45) is 0.494. The topological polar surface area (TPSA) is 154 Å². The average Bonchev–Trinajstić information content (AvgIpc) is 2.11. The van der Waals surface area contributed by atoms with E-state index in [1.807, 2.05) is 0 Å². The highest BCUT2D eigenvalue weighted by Gasteiger charge is 1.95. The van der Waals surface area contributed by atoms with Crippen LogP contribution in [0.2, 0.25) is 0 Å². The van der Waals surface area contributed by atoms with Crippen molar-refractivity contribution in [3.05, 3.63) is 0 Å². The van der Waals surface area contributed by atoms with Crippen LogP contribution in [-0.4, -0.2) is 23.3 Å². The highest BCUT2D eigenvalue weighted by molar-refractivity contribution is 6.02. The van der Waals surface area contributed by atoms with Gasteiger partial charge in [0.25, 0.3) is 0 Å². The van der Waals surface area contributed by atoms with Crippen LogP contribution in [0.4, 0.5) is 0 Å². The molecule has 8 nitrogen and oxygen atoms in total. The standard InChI is InChI=1S/C7H16N8/c1-4(12-14-6(8)9)3-5(2)13-15-7(10)11/h3H2,1-2H3,(H4,8,9,14)(H4,10,11,15)/b12-4-,13-5-. The molecule has 0 aromatic carbocycles. The van der Waals surface area contributed by atoms with Gasteiger partial charge in [-0.05, 0) is 13.8 Å². The van der Waals surface area contributed by atoms with Crippen molar-refractivity contribution in [2.45, 2.75) is 20.3 Å². The zero-order valence-corrected chi connectivity index (χ0v) is 8.81. The maximum Gasteiger partial charge on any atom is 0.211 e. The van der Waals surface area contributed by atoms with Gasteiger partial charge in [-0.2, -0.15) is 10.2 Å². The summed E-state index contributed by atoms with van der Waals surface area (Å²) >= 11 is 0. The number of nitrogens with two attached hydrogens (primary N) is 4. The van der Waals surface area contributed by atoms with Crippen LogP contribution >= 0.6 is 0 Å². The molecule has 0 unspecified atom stereocenters. The van der Waals surface area contributed by atoms with Crippen LogP contribution in [0, 0.1) is 0 Å². The van der Waals surface area contributed by atoms with Gasteiger partial charge < -0.3 is 22.9 Å². The second kappa shape index (κ2) is 6.35. The first-order valence-corrected chi connectivity index (χ1v) is 4.16. The van der Waals surface area contributed by atoms with Crippen LogP contribution in [0.3, 0.4) is 0 Å². The summed E-state index contributed by atoms with van der Waals surface area (Å²) in [5.74, 6) is -0.179. The molecule has 0 fully saturated rings. The average molecular weight is 212 g/mol. The summed E-state index contributed by atoms with van der Waals surface area (Å²) < 4.78 is 0. The molecule has 0 saturated heterocycles. The monoisotopic (exact) mass is 212 g/mol. The molecule has 0 saturated carbocycles. The van der Waals surface area contributed by atoms with E-state index in [0.29, 0.717) is 17.8 Å². The van der Waals surface area contributed by atoms with Gasteiger partial charge in [-0.15, -0.1) is 10.2 Å². The Bertz CT molecular complexity index is 284. The Morgan fingerprint density at radius 1 is 0.733 bits per heavy atom. The summed E-state index contributed by atoms with van der Waals surface area (Å²) in [7, 11) is 0. The van der Waals surface area contributed by atoms with E-state index in [9.17, 15) is 0 Å². The van der Waals surface area contributed by atoms with Gasteiger partial charge in [0.2, 0.25) is 11.9 Å². The van der Waals surface area contributed by atoms with E-state index in [4.69, 9.17) is 22.9 Å². The molecule has 8 N–H and O–H groups in total. The maximum atomic E-state index is 5.11. The number of guanidine groups is 2. The maximum absolute atomic E-state index is 5.11. The first-order valence-electron chi connectivity index (χ1n) is 4.16. The molecule has 0 aliphatic heterocycles. The predicted octanol–water partition coefficient (Wildman–Crippen LogP) is -1.32. The lowest BCUT2D eigenvalue weighted by Gasteiger charge is -1.96. The van der Waals surface area contributed by atoms with Crippen molar-refractivity contribution in [1.29, 1.82) is 0 Å². The molecule has 0 bridgehead atoms. The van der Waals surface area contributed by atoms with Gasteiger partial charge in [-0.25, -0.2) is 0 Å². The third-order valence-corrected chi connectivity index (χ3v) is 1.18. The summed E-state index contributed by atoms with van der Waals surface area (Å²) in [6.45, 7) is 3.53. The molecule has 0 atom stereocenters. The molecule has 0 aromatic heterocycles. The SMILES string of the molecule is C/C(C/C(C)=N\N=C(N)N)=N/N=C(N)N. The zero-order valence-electron chi connectivity index (χ0n) is 8.81. The minimum Gasteiger partial charge on any atom is -0.369 e. The van der Waals surface area contributed by atoms with E-state index in [2.05, 4.69) is 20.4 Å². The molecule has 0 aromatic rings. The Balaban J connectivity index is 4.36. The van der Waals surface area contributed by atoms with E-state index in [-0.39, 0.29) is 11.9 Å². The summed E-state index contributed by atoms with van der Waals surface area (Å²) in [6, 6.07) is 0. The number of hydrogen-bond acceptors (Lipinski definition) is 4. The zero-order chi connectivity index (χ0) is 11.8. The summed E-state index contributed by atoms with van der Waals surface area (Å²) in [5, 5.41) is 14.5. The van der Waals surface area contributed by atoms with Crippen molar-refractivity contribution in [1.82, 2.24) is 0 Å². The largest absolute Gasteiger partial charge is 0.369 e. The van der Waals surface area contributed by atoms with Crippen LogP contribution in [0.1, 0.15) is 20.3 Å². The molecule has 8 heteroatoms. The van der Waals surface area contributed by atoms with Crippen LogP contribution in [0.5, 0.6) is 0 Å². The van der Waals surface area contributed by atoms with Crippen LogP contribution in [-0.2, 0) is 0 Å². The normalized spacial score (nSPS) is 12.1. The lowest BCUT2D eigenvalue weighted by atomic mass is 10.2. The van der Waals surface area contributed by atoms with Crippen LogP contribution in [0.25, 0.3) is 0 Å². The van der Waals surface area contributed by atoms with E-state index in [1.165, 1.54) is 0 Å². The van der Waals surface area contributed by atoms with Gasteiger partial charge in [0.05, 0.1) is 0 Å². The molecule has 0 aliphatic rings. The van der Waals surface area contributed by atoms with Crippen molar-refractivity contribution in [2.24, 2.45) is 43.3 Å². The number of hydrogen-bond donors (Lipinski definition) is 4. The van der Waals surface area contributed by atoms with Gasteiger partial charge in [-0.1, -0.05) is 0 Å². The minimum atomic E-state index is -0.0897. The van der Waals surface area contributed by atoms with Gasteiger partial charge in [-0.3, -0.25) is 0 Å². The van der Waals surface area contributed by atoms with E-state index >= 15 is 0 Å². The van der Waals surface area contributed by atoms with Crippen molar-refractivity contribution in [3.8, 4) is 0 Å². The molecule has 15 heavy (non-hydrogen) atoms. The fourth-order valence-electron chi connectivity index (χ4n) is 0.727. The summed E-state index contributed by atoms with van der Waals surface area (Å²) in [5.41, 5.74) is 21.8. The van der Waals surface area contributed by atoms with E-state index < -0.39 is 0 Å². The van der Waals surface area contributed by atoms with Crippen LogP contribution in [0.15, 0.2) is 20.4 Å². The van der Waals surface area contributed by atoms with Crippen molar-refractivity contribution in [3.63, 3.8) is 0 Å². The molecule has 0 spiro atoms. The van der Waals surface area contributed by atoms with Crippen molar-refractivity contribution >= 4 is 23.3 Å². The summed E-state index contributed by atoms with van der Waals surface area (Å²) in [4.78, 5) is 0. The Morgan fingerprint density at radius 2 is 1.07 bits per heavy atom.